The summed E-state index contributed by atoms with van der Waals surface area (Å²) in [5.41, 5.74) is 1.43. The second-order valence-electron chi connectivity index (χ2n) is 5.67. The predicted molar refractivity (Wildman–Crippen MR) is 92.9 cm³/mol. The molecule has 0 amide bonds. The first-order valence-electron chi connectivity index (χ1n) is 8.24. The molecule has 0 atom stereocenters. The summed E-state index contributed by atoms with van der Waals surface area (Å²) < 4.78 is 24.1. The Morgan fingerprint density at radius 2 is 1.84 bits per heavy atom. The van der Waals surface area contributed by atoms with E-state index in [-0.39, 0.29) is 11.7 Å². The number of benzene rings is 1. The topological polar surface area (TPSA) is 44.2 Å². The largest absolute Gasteiger partial charge is 0.341 e. The summed E-state index contributed by atoms with van der Waals surface area (Å²) in [6.45, 7) is 3.31. The summed E-state index contributed by atoms with van der Waals surface area (Å²) in [5.74, 6) is 6.42. The molecule has 25 heavy (non-hydrogen) atoms. The van der Waals surface area contributed by atoms with Crippen molar-refractivity contribution in [1.29, 1.82) is 0 Å². The van der Waals surface area contributed by atoms with E-state index in [0.29, 0.717) is 24.6 Å². The van der Waals surface area contributed by atoms with Gasteiger partial charge in [-0.3, -0.25) is 0 Å². The van der Waals surface area contributed by atoms with Crippen LogP contribution < -0.4 is 0 Å². The van der Waals surface area contributed by atoms with Crippen LogP contribution in [0.5, 0.6) is 0 Å². The minimum Gasteiger partial charge on any atom is -0.341 e. The lowest BCUT2D eigenvalue weighted by Crippen LogP contribution is -2.30. The molecule has 128 valence electrons. The van der Waals surface area contributed by atoms with E-state index >= 15 is 0 Å². The van der Waals surface area contributed by atoms with E-state index in [0.717, 1.165) is 12.0 Å². The van der Waals surface area contributed by atoms with Crippen molar-refractivity contribution in [3.05, 3.63) is 60.2 Å². The molecule has 0 unspecified atom stereocenters. The average Bonchev–Trinajstić information content (AvgIpc) is 2.67. The highest BCUT2D eigenvalue weighted by atomic mass is 19.1. The van der Waals surface area contributed by atoms with Gasteiger partial charge in [-0.25, -0.2) is 14.4 Å². The normalized spacial score (nSPS) is 20.2. The second-order valence-corrected chi connectivity index (χ2v) is 5.67. The van der Waals surface area contributed by atoms with E-state index in [2.05, 4.69) is 40.9 Å². The molecule has 4 nitrogen and oxygen atoms in total. The Hall–Kier alpha value is -2.55. The fraction of sp³-hybridized carbons (Fsp3) is 0.300. The van der Waals surface area contributed by atoms with Gasteiger partial charge in [0.2, 0.25) is 6.29 Å². The van der Waals surface area contributed by atoms with Crippen LogP contribution in [0.25, 0.3) is 11.4 Å². The van der Waals surface area contributed by atoms with Crippen molar-refractivity contribution in [2.24, 2.45) is 5.92 Å². The van der Waals surface area contributed by atoms with Gasteiger partial charge < -0.3 is 9.47 Å². The molecule has 1 saturated heterocycles. The zero-order valence-electron chi connectivity index (χ0n) is 14.0. The first-order chi connectivity index (χ1) is 12.2. The van der Waals surface area contributed by atoms with Crippen LogP contribution in [0.3, 0.4) is 0 Å². The van der Waals surface area contributed by atoms with E-state index in [1.807, 2.05) is 0 Å². The smallest absolute Gasteiger partial charge is 0.222 e. The maximum atomic E-state index is 12.9. The van der Waals surface area contributed by atoms with Gasteiger partial charge in [-0.2, -0.15) is 0 Å². The van der Waals surface area contributed by atoms with Gasteiger partial charge in [0, 0.05) is 23.9 Å². The summed E-state index contributed by atoms with van der Waals surface area (Å²) in [6, 6.07) is 6.05. The van der Waals surface area contributed by atoms with Crippen LogP contribution in [0.4, 0.5) is 4.39 Å². The lowest BCUT2D eigenvalue weighted by molar-refractivity contribution is -0.160. The Labute approximate surface area is 146 Å². The molecule has 1 aliphatic heterocycles. The quantitative estimate of drug-likeness (QED) is 0.634. The highest BCUT2D eigenvalue weighted by Crippen LogP contribution is 2.15. The number of allylic oxidation sites excluding steroid dienone is 1. The van der Waals surface area contributed by atoms with Crippen LogP contribution in [0, 0.1) is 23.6 Å². The molecule has 1 fully saturated rings. The Balaban J connectivity index is 1.58. The lowest BCUT2D eigenvalue weighted by atomic mass is 10.1. The number of aromatic nitrogens is 2. The molecule has 2 heterocycles. The molecule has 0 bridgehead atoms. The Kier molecular flexibility index (Phi) is 5.89. The van der Waals surface area contributed by atoms with Crippen molar-refractivity contribution in [2.45, 2.75) is 19.6 Å². The fourth-order valence-corrected chi connectivity index (χ4v) is 2.32. The second kappa shape index (κ2) is 8.52. The van der Waals surface area contributed by atoms with E-state index in [1.165, 1.54) is 12.1 Å². The zero-order valence-corrected chi connectivity index (χ0v) is 14.0. The van der Waals surface area contributed by atoms with Crippen molar-refractivity contribution in [3.8, 4) is 23.2 Å². The Bertz CT molecular complexity index is 768. The molecule has 0 N–H and O–H groups in total. The standard InChI is InChI=1S/C20H19FN2O2/c1-2-3-4-16-13-24-19(25-14-16)10-5-15-11-22-20(23-12-15)17-6-8-18(21)9-7-17/h3-4,6-9,11-12,16,19H,2,13-14H2,1H3. The molecule has 0 radical (unpaired) electrons. The first-order valence-corrected chi connectivity index (χ1v) is 8.24. The SMILES string of the molecule is CCC=CC1COC(C#Cc2cnc(-c3ccc(F)cc3)nc2)OC1. The predicted octanol–water partition coefficient (Wildman–Crippen LogP) is 3.59. The molecular formula is C20H19FN2O2. The van der Waals surface area contributed by atoms with Crippen molar-refractivity contribution in [1.82, 2.24) is 9.97 Å². The van der Waals surface area contributed by atoms with Gasteiger partial charge >= 0.3 is 0 Å². The summed E-state index contributed by atoms with van der Waals surface area (Å²) in [7, 11) is 0. The van der Waals surface area contributed by atoms with Crippen LogP contribution in [-0.2, 0) is 9.47 Å². The molecule has 0 aliphatic carbocycles. The van der Waals surface area contributed by atoms with Gasteiger partial charge in [-0.05, 0) is 36.6 Å². The highest BCUT2D eigenvalue weighted by Gasteiger charge is 2.18. The number of nitrogens with zero attached hydrogens (tertiary/aromatic N) is 2. The van der Waals surface area contributed by atoms with Gasteiger partial charge in [-0.1, -0.05) is 25.0 Å². The fourth-order valence-electron chi connectivity index (χ4n) is 2.32. The summed E-state index contributed by atoms with van der Waals surface area (Å²) in [5, 5.41) is 0. The summed E-state index contributed by atoms with van der Waals surface area (Å²) >= 11 is 0. The third-order valence-electron chi connectivity index (χ3n) is 3.66. The average molecular weight is 338 g/mol. The molecule has 1 aromatic carbocycles. The van der Waals surface area contributed by atoms with Gasteiger partial charge in [0.15, 0.2) is 5.82 Å². The Morgan fingerprint density at radius 3 is 2.48 bits per heavy atom. The van der Waals surface area contributed by atoms with Gasteiger partial charge in [0.25, 0.3) is 0 Å². The molecule has 3 rings (SSSR count). The first kappa shape index (κ1) is 17.3. The van der Waals surface area contributed by atoms with Crippen LogP contribution in [0.2, 0.25) is 0 Å². The van der Waals surface area contributed by atoms with Crippen molar-refractivity contribution in [2.75, 3.05) is 13.2 Å². The van der Waals surface area contributed by atoms with Crippen LogP contribution >= 0.6 is 0 Å². The van der Waals surface area contributed by atoms with Crippen LogP contribution in [0.15, 0.2) is 48.8 Å². The summed E-state index contributed by atoms with van der Waals surface area (Å²) in [4.78, 5) is 8.52. The van der Waals surface area contributed by atoms with Gasteiger partial charge in [-0.15, -0.1) is 0 Å². The molecule has 1 aliphatic rings. The van der Waals surface area contributed by atoms with Crippen LogP contribution in [0.1, 0.15) is 18.9 Å². The number of hydrogen-bond donors (Lipinski definition) is 0. The molecular weight excluding hydrogens is 319 g/mol. The maximum absolute atomic E-state index is 12.9. The highest BCUT2D eigenvalue weighted by molar-refractivity contribution is 5.54. The third kappa shape index (κ3) is 4.96. The molecule has 5 heteroatoms. The van der Waals surface area contributed by atoms with Crippen molar-refractivity contribution < 1.29 is 13.9 Å². The van der Waals surface area contributed by atoms with Crippen molar-refractivity contribution in [3.63, 3.8) is 0 Å². The molecule has 0 saturated carbocycles. The van der Waals surface area contributed by atoms with Crippen molar-refractivity contribution >= 4 is 0 Å². The summed E-state index contributed by atoms with van der Waals surface area (Å²) in [6.07, 6.45) is 7.98. The molecule has 2 aromatic rings. The maximum Gasteiger partial charge on any atom is 0.222 e. The van der Waals surface area contributed by atoms with Gasteiger partial charge in [0.05, 0.1) is 18.8 Å². The van der Waals surface area contributed by atoms with Gasteiger partial charge in [0.1, 0.15) is 5.82 Å². The van der Waals surface area contributed by atoms with E-state index in [9.17, 15) is 4.39 Å². The van der Waals surface area contributed by atoms with E-state index in [4.69, 9.17) is 9.47 Å². The van der Waals surface area contributed by atoms with E-state index in [1.54, 1.807) is 24.5 Å². The monoisotopic (exact) mass is 338 g/mol. The number of ether oxygens (including phenoxy) is 2. The third-order valence-corrected chi connectivity index (χ3v) is 3.66. The molecule has 0 spiro atoms. The minimum atomic E-state index is -0.525. The number of rotatable bonds is 3. The number of hydrogen-bond acceptors (Lipinski definition) is 4. The number of halogens is 1. The lowest BCUT2D eigenvalue weighted by Gasteiger charge is -2.24. The van der Waals surface area contributed by atoms with Crippen LogP contribution in [-0.4, -0.2) is 29.5 Å². The minimum absolute atomic E-state index is 0.286. The zero-order chi connectivity index (χ0) is 17.5. The van der Waals surface area contributed by atoms with E-state index < -0.39 is 6.29 Å². The Morgan fingerprint density at radius 1 is 1.16 bits per heavy atom. The molecule has 1 aromatic heterocycles.